The van der Waals surface area contributed by atoms with Gasteiger partial charge in [-0.3, -0.25) is 4.79 Å². The lowest BCUT2D eigenvalue weighted by Crippen LogP contribution is -2.47. The molecule has 2 N–H and O–H groups in total. The zero-order valence-corrected chi connectivity index (χ0v) is 10.7. The summed E-state index contributed by atoms with van der Waals surface area (Å²) in [5, 5.41) is 0. The predicted octanol–water partition coefficient (Wildman–Crippen LogP) is 3.20. The van der Waals surface area contributed by atoms with Gasteiger partial charge in [-0.1, -0.05) is 50.6 Å². The first kappa shape index (κ1) is 15.1. The van der Waals surface area contributed by atoms with E-state index in [4.69, 9.17) is 5.73 Å². The fraction of sp³-hybridized carbons (Fsp3) is 0.462. The number of ketones is 1. The average Bonchev–Trinajstić information content (AvgIpc) is 2.29. The maximum absolute atomic E-state index is 12.2. The number of benzene rings is 1. The lowest BCUT2D eigenvalue weighted by Gasteiger charge is -2.26. The van der Waals surface area contributed by atoms with Crippen molar-refractivity contribution in [3.63, 3.8) is 0 Å². The summed E-state index contributed by atoms with van der Waals surface area (Å²) >= 11 is 0. The van der Waals surface area contributed by atoms with Crippen molar-refractivity contribution in [1.29, 1.82) is 0 Å². The van der Waals surface area contributed by atoms with Crippen molar-refractivity contribution in [1.82, 2.24) is 0 Å². The second-order valence-corrected chi connectivity index (χ2v) is 3.95. The molecule has 0 aliphatic heterocycles. The third-order valence-electron chi connectivity index (χ3n) is 2.82. The van der Waals surface area contributed by atoms with Crippen LogP contribution in [0.4, 0.5) is 0 Å². The highest BCUT2D eigenvalue weighted by molar-refractivity contribution is 6.03. The molecule has 1 aromatic carbocycles. The van der Waals surface area contributed by atoms with Crippen molar-refractivity contribution in [3.05, 3.63) is 35.9 Å². The van der Waals surface area contributed by atoms with Crippen LogP contribution in [-0.2, 0) is 0 Å². The van der Waals surface area contributed by atoms with E-state index in [1.165, 1.54) is 0 Å². The van der Waals surface area contributed by atoms with Gasteiger partial charge in [-0.15, -0.1) is 12.4 Å². The molecule has 1 rings (SSSR count). The van der Waals surface area contributed by atoms with E-state index in [1.54, 1.807) is 0 Å². The Labute approximate surface area is 104 Å². The summed E-state index contributed by atoms with van der Waals surface area (Å²) in [4.78, 5) is 12.2. The molecule has 2 nitrogen and oxygen atoms in total. The maximum Gasteiger partial charge on any atom is 0.182 e. The van der Waals surface area contributed by atoms with E-state index < -0.39 is 5.54 Å². The Morgan fingerprint density at radius 3 is 2.25 bits per heavy atom. The van der Waals surface area contributed by atoms with E-state index >= 15 is 0 Å². The van der Waals surface area contributed by atoms with Crippen LogP contribution in [0.25, 0.3) is 0 Å². The normalized spacial score (nSPS) is 13.7. The molecule has 16 heavy (non-hydrogen) atoms. The van der Waals surface area contributed by atoms with E-state index in [2.05, 4.69) is 6.92 Å². The molecule has 1 unspecified atom stereocenters. The highest BCUT2D eigenvalue weighted by Crippen LogP contribution is 2.20. The molecule has 0 aromatic heterocycles. The number of carbonyl (C=O) groups is 1. The molecule has 90 valence electrons. The minimum absolute atomic E-state index is 0. The first-order valence-electron chi connectivity index (χ1n) is 5.52. The lowest BCUT2D eigenvalue weighted by atomic mass is 9.84. The molecule has 0 saturated carbocycles. The van der Waals surface area contributed by atoms with E-state index in [1.807, 2.05) is 37.3 Å². The van der Waals surface area contributed by atoms with Gasteiger partial charge in [-0.05, 0) is 12.8 Å². The number of hydrogen-bond donors (Lipinski definition) is 1. The first-order valence-corrected chi connectivity index (χ1v) is 5.52. The van der Waals surface area contributed by atoms with Gasteiger partial charge >= 0.3 is 0 Å². The molecule has 1 atom stereocenters. The highest BCUT2D eigenvalue weighted by atomic mass is 35.5. The Morgan fingerprint density at radius 2 is 1.81 bits per heavy atom. The van der Waals surface area contributed by atoms with Crippen molar-refractivity contribution in [2.75, 3.05) is 0 Å². The first-order chi connectivity index (χ1) is 7.14. The SMILES string of the molecule is CCCC(N)(CC)C(=O)c1ccccc1.Cl. The number of carbonyl (C=O) groups excluding carboxylic acids is 1. The Kier molecular flexibility index (Phi) is 6.31. The second-order valence-electron chi connectivity index (χ2n) is 3.95. The van der Waals surface area contributed by atoms with Crippen LogP contribution < -0.4 is 5.73 Å². The molecule has 0 spiro atoms. The van der Waals surface area contributed by atoms with Gasteiger partial charge in [0.1, 0.15) is 0 Å². The van der Waals surface area contributed by atoms with Gasteiger partial charge in [0.15, 0.2) is 5.78 Å². The summed E-state index contributed by atoms with van der Waals surface area (Å²) in [6.07, 6.45) is 2.37. The zero-order chi connectivity index (χ0) is 11.3. The average molecular weight is 242 g/mol. The van der Waals surface area contributed by atoms with Gasteiger partial charge in [-0.2, -0.15) is 0 Å². The highest BCUT2D eigenvalue weighted by Gasteiger charge is 2.31. The lowest BCUT2D eigenvalue weighted by molar-refractivity contribution is 0.0874. The Bertz CT molecular complexity index is 326. The van der Waals surface area contributed by atoms with Crippen LogP contribution in [0.5, 0.6) is 0 Å². The minimum Gasteiger partial charge on any atom is -0.319 e. The number of Topliss-reactive ketones (excluding diaryl/α,β-unsaturated/α-hetero) is 1. The molecule has 0 amide bonds. The third-order valence-corrected chi connectivity index (χ3v) is 2.82. The molecule has 3 heteroatoms. The van der Waals surface area contributed by atoms with Gasteiger partial charge in [-0.25, -0.2) is 0 Å². The van der Waals surface area contributed by atoms with Crippen LogP contribution in [0.1, 0.15) is 43.5 Å². The third kappa shape index (κ3) is 3.32. The molecule has 0 aliphatic rings. The van der Waals surface area contributed by atoms with Crippen molar-refractivity contribution < 1.29 is 4.79 Å². The number of hydrogen-bond acceptors (Lipinski definition) is 2. The summed E-state index contributed by atoms with van der Waals surface area (Å²) < 4.78 is 0. The van der Waals surface area contributed by atoms with Gasteiger partial charge in [0, 0.05) is 5.56 Å². The largest absolute Gasteiger partial charge is 0.319 e. The van der Waals surface area contributed by atoms with Crippen molar-refractivity contribution in [2.45, 2.75) is 38.6 Å². The molecule has 0 fully saturated rings. The molecular weight excluding hydrogens is 222 g/mol. The standard InChI is InChI=1S/C13H19NO.ClH/c1-3-10-13(14,4-2)12(15)11-8-6-5-7-9-11;/h5-9H,3-4,10,14H2,1-2H3;1H. The zero-order valence-electron chi connectivity index (χ0n) is 9.90. The fourth-order valence-electron chi connectivity index (χ4n) is 1.77. The van der Waals surface area contributed by atoms with Crippen LogP contribution in [0, 0.1) is 0 Å². The topological polar surface area (TPSA) is 43.1 Å². The van der Waals surface area contributed by atoms with Crippen LogP contribution in [0.2, 0.25) is 0 Å². The number of nitrogens with two attached hydrogens (primary N) is 1. The molecular formula is C13H20ClNO. The molecule has 0 radical (unpaired) electrons. The minimum atomic E-state index is -0.684. The van der Waals surface area contributed by atoms with Crippen LogP contribution in [0.3, 0.4) is 0 Å². The van der Waals surface area contributed by atoms with E-state index in [9.17, 15) is 4.79 Å². The smallest absolute Gasteiger partial charge is 0.182 e. The summed E-state index contributed by atoms with van der Waals surface area (Å²) in [6, 6.07) is 9.30. The van der Waals surface area contributed by atoms with Gasteiger partial charge in [0.2, 0.25) is 0 Å². The van der Waals surface area contributed by atoms with E-state index in [0.29, 0.717) is 6.42 Å². The second kappa shape index (κ2) is 6.66. The van der Waals surface area contributed by atoms with Crippen LogP contribution >= 0.6 is 12.4 Å². The fourth-order valence-corrected chi connectivity index (χ4v) is 1.77. The predicted molar refractivity (Wildman–Crippen MR) is 70.1 cm³/mol. The summed E-state index contributed by atoms with van der Waals surface area (Å²) in [5.74, 6) is 0.0625. The Hall–Kier alpha value is -0.860. The van der Waals surface area contributed by atoms with Crippen LogP contribution in [-0.4, -0.2) is 11.3 Å². The van der Waals surface area contributed by atoms with Gasteiger partial charge < -0.3 is 5.73 Å². The maximum atomic E-state index is 12.2. The molecule has 1 aromatic rings. The molecule has 0 bridgehead atoms. The van der Waals surface area contributed by atoms with Crippen LogP contribution in [0.15, 0.2) is 30.3 Å². The number of halogens is 1. The Balaban J connectivity index is 0.00000225. The van der Waals surface area contributed by atoms with Crippen molar-refractivity contribution in [3.8, 4) is 0 Å². The Morgan fingerprint density at radius 1 is 1.25 bits per heavy atom. The summed E-state index contributed by atoms with van der Waals surface area (Å²) in [7, 11) is 0. The quantitative estimate of drug-likeness (QED) is 0.805. The monoisotopic (exact) mass is 241 g/mol. The van der Waals surface area contributed by atoms with E-state index in [0.717, 1.165) is 18.4 Å². The van der Waals surface area contributed by atoms with Gasteiger partial charge in [0.05, 0.1) is 5.54 Å². The molecule has 0 aliphatic carbocycles. The summed E-state index contributed by atoms with van der Waals surface area (Å²) in [6.45, 7) is 4.02. The number of rotatable bonds is 5. The van der Waals surface area contributed by atoms with Gasteiger partial charge in [0.25, 0.3) is 0 Å². The molecule has 0 heterocycles. The van der Waals surface area contributed by atoms with E-state index in [-0.39, 0.29) is 18.2 Å². The molecule has 0 saturated heterocycles. The van der Waals surface area contributed by atoms with Crippen molar-refractivity contribution >= 4 is 18.2 Å². The van der Waals surface area contributed by atoms with Crippen molar-refractivity contribution in [2.24, 2.45) is 5.73 Å². The summed E-state index contributed by atoms with van der Waals surface area (Å²) in [5.41, 5.74) is 6.17.